The Balaban J connectivity index is 1.32. The van der Waals surface area contributed by atoms with Crippen LogP contribution in [0.15, 0.2) is 71.8 Å². The average molecular weight is 669 g/mol. The van der Waals surface area contributed by atoms with Crippen molar-refractivity contribution in [2.24, 2.45) is 0 Å². The van der Waals surface area contributed by atoms with Gasteiger partial charge in [0.25, 0.3) is 0 Å². The van der Waals surface area contributed by atoms with E-state index in [1.807, 2.05) is 60.4 Å². The van der Waals surface area contributed by atoms with Crippen molar-refractivity contribution in [1.82, 2.24) is 25.2 Å². The molecule has 1 aromatic heterocycles. The molecule has 1 amide bonds. The topological polar surface area (TPSA) is 162 Å². The zero-order valence-electron chi connectivity index (χ0n) is 26.0. The second kappa shape index (κ2) is 15.9. The molecule has 0 aliphatic carbocycles. The number of nitrogens with zero attached hydrogens (tertiary/aromatic N) is 2. The smallest absolute Gasteiger partial charge is 0.323 e. The van der Waals surface area contributed by atoms with Gasteiger partial charge >= 0.3 is 5.97 Å². The van der Waals surface area contributed by atoms with E-state index in [1.165, 1.54) is 0 Å². The Bertz CT molecular complexity index is 1600. The Morgan fingerprint density at radius 1 is 1.07 bits per heavy atom. The Morgan fingerprint density at radius 2 is 1.76 bits per heavy atom. The van der Waals surface area contributed by atoms with Gasteiger partial charge in [-0.3, -0.25) is 9.59 Å². The third-order valence-electron chi connectivity index (χ3n) is 7.53. The SMILES string of the molecule is Cc1cc(C)c(S(=O)(=O)N[C@@H](CNC(=O)CO[C@@H]2C[C@@H](CNc3ccccn3)N(C(=S)NCc3ccccc3)C2)C(=O)O)c(C)c1. The molecule has 0 bridgehead atoms. The first-order chi connectivity index (χ1) is 21.9. The highest BCUT2D eigenvalue weighted by Crippen LogP contribution is 2.23. The molecule has 1 aliphatic rings. The van der Waals surface area contributed by atoms with Gasteiger partial charge in [-0.25, -0.2) is 13.4 Å². The van der Waals surface area contributed by atoms with E-state index < -0.39 is 34.5 Å². The minimum Gasteiger partial charge on any atom is -0.480 e. The number of aromatic nitrogens is 1. The average Bonchev–Trinajstić information content (AvgIpc) is 3.43. The summed E-state index contributed by atoms with van der Waals surface area (Å²) in [5.41, 5.74) is 2.98. The predicted octanol–water partition coefficient (Wildman–Crippen LogP) is 2.50. The molecule has 3 aromatic rings. The molecule has 4 rings (SSSR count). The number of hydrogen-bond acceptors (Lipinski definition) is 8. The Morgan fingerprint density at radius 3 is 2.41 bits per heavy atom. The first-order valence-electron chi connectivity index (χ1n) is 14.9. The van der Waals surface area contributed by atoms with Crippen molar-refractivity contribution in [3.05, 3.63) is 89.1 Å². The number of carboxylic acids is 1. The second-order valence-electron chi connectivity index (χ2n) is 11.3. The molecule has 0 saturated carbocycles. The van der Waals surface area contributed by atoms with Gasteiger partial charge < -0.3 is 30.7 Å². The fraction of sp³-hybridized carbons (Fsp3) is 0.375. The summed E-state index contributed by atoms with van der Waals surface area (Å²) in [4.78, 5) is 31.0. The minimum absolute atomic E-state index is 0.0214. The molecular weight excluding hydrogens is 629 g/mol. The number of anilines is 1. The molecule has 3 atom stereocenters. The zero-order chi connectivity index (χ0) is 33.3. The maximum absolute atomic E-state index is 13.1. The fourth-order valence-electron chi connectivity index (χ4n) is 5.48. The number of aliphatic carboxylic acids is 1. The van der Waals surface area contributed by atoms with Gasteiger partial charge in [0.1, 0.15) is 18.5 Å². The Labute approximate surface area is 275 Å². The third kappa shape index (κ3) is 9.69. The Kier molecular flexibility index (Phi) is 12.0. The summed E-state index contributed by atoms with van der Waals surface area (Å²) in [6.07, 6.45) is 1.95. The maximum atomic E-state index is 13.1. The molecule has 0 radical (unpaired) electrons. The van der Waals surface area contributed by atoms with Crippen LogP contribution in [0.5, 0.6) is 0 Å². The number of hydrogen-bond donors (Lipinski definition) is 5. The summed E-state index contributed by atoms with van der Waals surface area (Å²) in [5, 5.41) is 19.4. The van der Waals surface area contributed by atoms with Crippen LogP contribution in [0, 0.1) is 20.8 Å². The molecule has 14 heteroatoms. The summed E-state index contributed by atoms with van der Waals surface area (Å²) in [6, 6.07) is 17.3. The molecule has 1 fully saturated rings. The van der Waals surface area contributed by atoms with E-state index in [2.05, 4.69) is 25.7 Å². The number of benzene rings is 2. The van der Waals surface area contributed by atoms with Crippen molar-refractivity contribution >= 4 is 45.0 Å². The summed E-state index contributed by atoms with van der Waals surface area (Å²) in [6.45, 7) is 5.90. The highest BCUT2D eigenvalue weighted by molar-refractivity contribution is 7.89. The van der Waals surface area contributed by atoms with Crippen LogP contribution in [0.4, 0.5) is 5.82 Å². The van der Waals surface area contributed by atoms with Gasteiger partial charge in [-0.05, 0) is 68.2 Å². The molecule has 0 spiro atoms. The monoisotopic (exact) mass is 668 g/mol. The first kappa shape index (κ1) is 34.8. The van der Waals surface area contributed by atoms with Gasteiger partial charge in [-0.15, -0.1) is 0 Å². The van der Waals surface area contributed by atoms with Crippen molar-refractivity contribution < 1.29 is 27.9 Å². The summed E-state index contributed by atoms with van der Waals surface area (Å²) in [5.74, 6) is -1.26. The first-order valence-corrected chi connectivity index (χ1v) is 16.8. The molecule has 1 aliphatic heterocycles. The molecule has 1 saturated heterocycles. The van der Waals surface area contributed by atoms with Gasteiger partial charge in [-0.1, -0.05) is 54.1 Å². The molecular formula is C32H40N6O6S2. The number of thiocarbonyl (C=S) groups is 1. The number of carbonyl (C=O) groups is 2. The Hall–Kier alpha value is -4.11. The van der Waals surface area contributed by atoms with Crippen molar-refractivity contribution in [3.8, 4) is 0 Å². The van der Waals surface area contributed by atoms with Crippen LogP contribution in [-0.2, 0) is 30.9 Å². The lowest BCUT2D eigenvalue weighted by atomic mass is 10.1. The fourth-order valence-corrected chi connectivity index (χ4v) is 7.42. The van der Waals surface area contributed by atoms with Crippen LogP contribution in [0.1, 0.15) is 28.7 Å². The summed E-state index contributed by atoms with van der Waals surface area (Å²) in [7, 11) is -4.17. The number of ether oxygens (including phenoxy) is 1. The van der Waals surface area contributed by atoms with Crippen molar-refractivity contribution in [3.63, 3.8) is 0 Å². The highest BCUT2D eigenvalue weighted by atomic mass is 32.2. The van der Waals surface area contributed by atoms with E-state index >= 15 is 0 Å². The van der Waals surface area contributed by atoms with Crippen molar-refractivity contribution in [2.75, 3.05) is 31.6 Å². The lowest BCUT2D eigenvalue weighted by Gasteiger charge is -2.27. The van der Waals surface area contributed by atoms with Gasteiger partial charge in [0.15, 0.2) is 5.11 Å². The molecule has 2 heterocycles. The van der Waals surface area contributed by atoms with Crippen LogP contribution in [0.2, 0.25) is 0 Å². The molecule has 12 nitrogen and oxygen atoms in total. The molecule has 0 unspecified atom stereocenters. The van der Waals surface area contributed by atoms with Crippen LogP contribution in [-0.4, -0.2) is 84.8 Å². The van der Waals surface area contributed by atoms with Crippen LogP contribution in [0.3, 0.4) is 0 Å². The predicted molar refractivity (Wildman–Crippen MR) is 179 cm³/mol. The van der Waals surface area contributed by atoms with Crippen LogP contribution < -0.4 is 20.7 Å². The van der Waals surface area contributed by atoms with E-state index in [-0.39, 0.29) is 23.6 Å². The van der Waals surface area contributed by atoms with E-state index in [0.717, 1.165) is 16.9 Å². The number of aryl methyl sites for hydroxylation is 3. The number of likely N-dealkylation sites (tertiary alicyclic amines) is 1. The molecule has 2 aromatic carbocycles. The highest BCUT2D eigenvalue weighted by Gasteiger charge is 2.35. The van der Waals surface area contributed by atoms with E-state index in [9.17, 15) is 23.1 Å². The summed E-state index contributed by atoms with van der Waals surface area (Å²) >= 11 is 5.73. The maximum Gasteiger partial charge on any atom is 0.323 e. The van der Waals surface area contributed by atoms with E-state index in [0.29, 0.717) is 42.3 Å². The normalized spacial score (nSPS) is 16.9. The van der Waals surface area contributed by atoms with Gasteiger partial charge in [0, 0.05) is 32.4 Å². The number of nitrogens with one attached hydrogen (secondary N) is 4. The van der Waals surface area contributed by atoms with Crippen molar-refractivity contribution in [2.45, 2.75) is 56.8 Å². The second-order valence-corrected chi connectivity index (χ2v) is 13.3. The summed E-state index contributed by atoms with van der Waals surface area (Å²) < 4.78 is 34.3. The largest absolute Gasteiger partial charge is 0.480 e. The molecule has 5 N–H and O–H groups in total. The number of carboxylic acid groups (broad SMARTS) is 1. The quantitative estimate of drug-likeness (QED) is 0.161. The number of pyridine rings is 1. The number of sulfonamides is 1. The van der Waals surface area contributed by atoms with Gasteiger partial charge in [-0.2, -0.15) is 4.72 Å². The van der Waals surface area contributed by atoms with Gasteiger partial charge in [0.2, 0.25) is 15.9 Å². The van der Waals surface area contributed by atoms with E-state index in [1.54, 1.807) is 32.2 Å². The zero-order valence-corrected chi connectivity index (χ0v) is 27.7. The van der Waals surface area contributed by atoms with Crippen molar-refractivity contribution in [1.29, 1.82) is 0 Å². The third-order valence-corrected chi connectivity index (χ3v) is 9.68. The standard InChI is InChI=1S/C32H40N6O6S2/c1-21-13-22(2)30(23(3)14-21)46(42,43)37-27(31(40)41)18-35-29(39)20-44-26-15-25(17-34-28-11-7-8-12-33-28)38(19-26)32(45)36-16-24-9-5-4-6-10-24/h4-14,25-27,37H,15-20H2,1-3H3,(H,33,34)(H,35,39)(H,36,45)(H,40,41)/t25-,26+,27-/m0/s1. The lowest BCUT2D eigenvalue weighted by Crippen LogP contribution is -2.49. The van der Waals surface area contributed by atoms with Crippen LogP contribution >= 0.6 is 12.2 Å². The minimum atomic E-state index is -4.17. The molecule has 246 valence electrons. The van der Waals surface area contributed by atoms with E-state index in [4.69, 9.17) is 17.0 Å². The number of rotatable bonds is 14. The number of amides is 1. The molecule has 46 heavy (non-hydrogen) atoms. The number of carbonyl (C=O) groups excluding carboxylic acids is 1. The lowest BCUT2D eigenvalue weighted by molar-refractivity contribution is -0.139. The van der Waals surface area contributed by atoms with Gasteiger partial charge in [0.05, 0.1) is 17.0 Å². The van der Waals surface area contributed by atoms with Crippen LogP contribution in [0.25, 0.3) is 0 Å².